The van der Waals surface area contributed by atoms with Crippen LogP contribution in [0.3, 0.4) is 0 Å². The van der Waals surface area contributed by atoms with Crippen LogP contribution in [0.5, 0.6) is 0 Å². The zero-order valence-electron chi connectivity index (χ0n) is 18.5. The zero-order valence-corrected chi connectivity index (χ0v) is 19.3. The van der Waals surface area contributed by atoms with Crippen molar-refractivity contribution in [3.8, 4) is 6.07 Å². The Hall–Kier alpha value is -4.74. The van der Waals surface area contributed by atoms with Crippen LogP contribution in [0.1, 0.15) is 5.56 Å². The van der Waals surface area contributed by atoms with E-state index in [4.69, 9.17) is 0 Å². The minimum absolute atomic E-state index is 0.579. The van der Waals surface area contributed by atoms with E-state index in [9.17, 15) is 9.47 Å². The molecule has 7 nitrogen and oxygen atoms in total. The van der Waals surface area contributed by atoms with E-state index < -0.39 is 11.0 Å². The molecule has 3 N–H and O–H groups in total. The van der Waals surface area contributed by atoms with Crippen molar-refractivity contribution in [2.45, 2.75) is 4.90 Å². The first-order chi connectivity index (χ1) is 17.2. The topological polar surface area (TPSA) is 103 Å². The second-order valence-electron chi connectivity index (χ2n) is 7.66. The Morgan fingerprint density at radius 1 is 0.743 bits per heavy atom. The average molecular weight is 477 g/mol. The van der Waals surface area contributed by atoms with E-state index in [0.29, 0.717) is 10.5 Å². The predicted molar refractivity (Wildman–Crippen MR) is 140 cm³/mol. The third kappa shape index (κ3) is 5.27. The summed E-state index contributed by atoms with van der Waals surface area (Å²) in [6.45, 7) is 0. The van der Waals surface area contributed by atoms with Gasteiger partial charge in [0.2, 0.25) is 0 Å². The van der Waals surface area contributed by atoms with Gasteiger partial charge in [0.05, 0.1) is 22.0 Å². The van der Waals surface area contributed by atoms with E-state index in [1.807, 2.05) is 78.9 Å². The SMILES string of the molecule is N#Cc1ccc2nccc(Nc3ccc(NS(=O)c4cccc(Nc5ccncc5)c4)cc3)c2c1. The molecule has 1 atom stereocenters. The van der Waals surface area contributed by atoms with E-state index in [0.717, 1.165) is 39.3 Å². The molecule has 5 rings (SSSR count). The first-order valence-corrected chi connectivity index (χ1v) is 11.9. The Kier molecular flexibility index (Phi) is 6.33. The van der Waals surface area contributed by atoms with E-state index in [1.165, 1.54) is 0 Å². The van der Waals surface area contributed by atoms with Gasteiger partial charge in [0.25, 0.3) is 0 Å². The molecule has 0 saturated heterocycles. The second kappa shape index (κ2) is 10.0. The second-order valence-corrected chi connectivity index (χ2v) is 8.88. The number of anilines is 5. The van der Waals surface area contributed by atoms with Crippen LogP contribution in [0.25, 0.3) is 10.9 Å². The fraction of sp³-hybridized carbons (Fsp3) is 0. The summed E-state index contributed by atoms with van der Waals surface area (Å²) in [6, 6.07) is 28.2. The van der Waals surface area contributed by atoms with E-state index in [-0.39, 0.29) is 0 Å². The van der Waals surface area contributed by atoms with E-state index in [2.05, 4.69) is 31.4 Å². The molecule has 8 heteroatoms. The van der Waals surface area contributed by atoms with Gasteiger partial charge in [0, 0.05) is 52.4 Å². The number of nitrogens with zero attached hydrogens (tertiary/aromatic N) is 3. The maximum Gasteiger partial charge on any atom is 0.150 e. The predicted octanol–water partition coefficient (Wildman–Crippen LogP) is 6.12. The fourth-order valence-electron chi connectivity index (χ4n) is 3.56. The Morgan fingerprint density at radius 3 is 2.31 bits per heavy atom. The lowest BCUT2D eigenvalue weighted by Gasteiger charge is -2.12. The first kappa shape index (κ1) is 22.1. The van der Waals surface area contributed by atoms with Gasteiger partial charge in [-0.05, 0) is 78.9 Å². The van der Waals surface area contributed by atoms with Crippen LogP contribution in [0.4, 0.5) is 28.4 Å². The highest BCUT2D eigenvalue weighted by Crippen LogP contribution is 2.27. The molecule has 0 spiro atoms. The highest BCUT2D eigenvalue weighted by atomic mass is 32.2. The van der Waals surface area contributed by atoms with Crippen LogP contribution in [0.15, 0.2) is 108 Å². The van der Waals surface area contributed by atoms with Gasteiger partial charge in [0.15, 0.2) is 0 Å². The lowest BCUT2D eigenvalue weighted by Crippen LogP contribution is -2.05. The van der Waals surface area contributed by atoms with Gasteiger partial charge in [-0.3, -0.25) is 9.97 Å². The number of aromatic nitrogens is 2. The standard InChI is InChI=1S/C27H20N6OS/c28-18-19-4-9-26-25(16-19)27(12-15-30-26)32-20-5-7-22(8-6-20)33-35(34)24-3-1-2-23(17-24)31-21-10-13-29-14-11-21/h1-17,33H,(H,29,31)(H,30,32). The summed E-state index contributed by atoms with van der Waals surface area (Å²) in [5.74, 6) is 0. The average Bonchev–Trinajstić information content (AvgIpc) is 2.90. The molecule has 0 saturated carbocycles. The minimum Gasteiger partial charge on any atom is -0.355 e. The third-order valence-corrected chi connectivity index (χ3v) is 6.37. The largest absolute Gasteiger partial charge is 0.355 e. The molecule has 0 amide bonds. The number of nitrogens with one attached hydrogen (secondary N) is 3. The highest BCUT2D eigenvalue weighted by molar-refractivity contribution is 7.86. The number of pyridine rings is 2. The van der Waals surface area contributed by atoms with Gasteiger partial charge in [-0.2, -0.15) is 5.26 Å². The number of rotatable bonds is 7. The van der Waals surface area contributed by atoms with Crippen molar-refractivity contribution in [1.29, 1.82) is 5.26 Å². The summed E-state index contributed by atoms with van der Waals surface area (Å²) in [5.41, 5.74) is 5.58. The number of hydrogen-bond donors (Lipinski definition) is 3. The molecule has 0 radical (unpaired) electrons. The Bertz CT molecular complexity index is 1550. The molecule has 0 aliphatic rings. The van der Waals surface area contributed by atoms with Gasteiger partial charge in [-0.15, -0.1) is 0 Å². The number of hydrogen-bond acceptors (Lipinski definition) is 6. The van der Waals surface area contributed by atoms with Crippen LogP contribution >= 0.6 is 0 Å². The van der Waals surface area contributed by atoms with Crippen molar-refractivity contribution >= 4 is 50.3 Å². The summed E-state index contributed by atoms with van der Waals surface area (Å²) in [6.07, 6.45) is 5.16. The summed E-state index contributed by atoms with van der Waals surface area (Å²) in [4.78, 5) is 9.03. The van der Waals surface area contributed by atoms with Crippen molar-refractivity contribution in [2.75, 3.05) is 15.4 Å². The van der Waals surface area contributed by atoms with Crippen molar-refractivity contribution in [3.05, 3.63) is 109 Å². The summed E-state index contributed by atoms with van der Waals surface area (Å²) >= 11 is 0. The molecule has 3 aromatic carbocycles. The summed E-state index contributed by atoms with van der Waals surface area (Å²) < 4.78 is 16.0. The summed E-state index contributed by atoms with van der Waals surface area (Å²) in [7, 11) is -1.43. The minimum atomic E-state index is -1.43. The number of benzene rings is 3. The molecule has 35 heavy (non-hydrogen) atoms. The van der Waals surface area contributed by atoms with Gasteiger partial charge < -0.3 is 15.4 Å². The van der Waals surface area contributed by atoms with Crippen molar-refractivity contribution in [2.24, 2.45) is 0 Å². The van der Waals surface area contributed by atoms with Gasteiger partial charge >= 0.3 is 0 Å². The molecular weight excluding hydrogens is 456 g/mol. The lowest BCUT2D eigenvalue weighted by molar-refractivity contribution is 0.686. The molecule has 0 aliphatic carbocycles. The van der Waals surface area contributed by atoms with E-state index >= 15 is 0 Å². The molecule has 2 aromatic heterocycles. The van der Waals surface area contributed by atoms with Crippen molar-refractivity contribution in [1.82, 2.24) is 9.97 Å². The van der Waals surface area contributed by atoms with Crippen molar-refractivity contribution < 1.29 is 4.21 Å². The van der Waals surface area contributed by atoms with Gasteiger partial charge in [-0.25, -0.2) is 4.21 Å². The summed E-state index contributed by atoms with van der Waals surface area (Å²) in [5, 5.41) is 16.7. The van der Waals surface area contributed by atoms with Gasteiger partial charge in [0.1, 0.15) is 11.0 Å². The highest BCUT2D eigenvalue weighted by Gasteiger charge is 2.07. The maximum absolute atomic E-state index is 12.9. The Morgan fingerprint density at radius 2 is 1.51 bits per heavy atom. The molecule has 170 valence electrons. The smallest absolute Gasteiger partial charge is 0.150 e. The number of fused-ring (bicyclic) bond motifs is 1. The fourth-order valence-corrected chi connectivity index (χ4v) is 4.46. The maximum atomic E-state index is 12.9. The zero-order chi connectivity index (χ0) is 24.0. The van der Waals surface area contributed by atoms with Crippen LogP contribution in [-0.4, -0.2) is 14.2 Å². The van der Waals surface area contributed by atoms with Crippen LogP contribution < -0.4 is 15.4 Å². The van der Waals surface area contributed by atoms with Crippen LogP contribution in [-0.2, 0) is 11.0 Å². The lowest BCUT2D eigenvalue weighted by atomic mass is 10.1. The molecule has 0 bridgehead atoms. The van der Waals surface area contributed by atoms with Crippen LogP contribution in [0, 0.1) is 11.3 Å². The number of nitriles is 1. The molecule has 0 fully saturated rings. The normalized spacial score (nSPS) is 11.4. The monoisotopic (exact) mass is 476 g/mol. The van der Waals surface area contributed by atoms with Gasteiger partial charge in [-0.1, -0.05) is 6.07 Å². The Balaban J connectivity index is 1.28. The molecule has 0 aliphatic heterocycles. The third-order valence-electron chi connectivity index (χ3n) is 5.26. The molecular formula is C27H20N6OS. The van der Waals surface area contributed by atoms with Crippen LogP contribution in [0.2, 0.25) is 0 Å². The van der Waals surface area contributed by atoms with E-state index in [1.54, 1.807) is 24.7 Å². The molecule has 2 heterocycles. The van der Waals surface area contributed by atoms with Crippen molar-refractivity contribution in [3.63, 3.8) is 0 Å². The molecule has 5 aromatic rings. The quantitative estimate of drug-likeness (QED) is 0.261. The first-order valence-electron chi connectivity index (χ1n) is 10.8. The molecule has 1 unspecified atom stereocenters. The Labute approximate surface area is 205 Å².